The van der Waals surface area contributed by atoms with Crippen LogP contribution in [0.25, 0.3) is 0 Å². The van der Waals surface area contributed by atoms with Gasteiger partial charge in [-0.2, -0.15) is 13.2 Å². The summed E-state index contributed by atoms with van der Waals surface area (Å²) >= 11 is 5.80. The summed E-state index contributed by atoms with van der Waals surface area (Å²) in [5.41, 5.74) is 0.638. The van der Waals surface area contributed by atoms with Gasteiger partial charge in [-0.1, -0.05) is 43.0 Å². The summed E-state index contributed by atoms with van der Waals surface area (Å²) in [6.45, 7) is 0. The number of carboxylic acid groups (broad SMARTS) is 1. The fourth-order valence-electron chi connectivity index (χ4n) is 4.27. The third kappa shape index (κ3) is 4.71. The van der Waals surface area contributed by atoms with Crippen LogP contribution in [0.15, 0.2) is 24.3 Å². The molecule has 2 aliphatic rings. The Bertz CT molecular complexity index is 809. The van der Waals surface area contributed by atoms with Crippen molar-refractivity contribution in [2.75, 3.05) is 0 Å². The van der Waals surface area contributed by atoms with Crippen LogP contribution in [0.4, 0.5) is 18.0 Å². The Kier molecular flexibility index (Phi) is 6.59. The molecule has 10 heteroatoms. The number of alkyl halides is 3. The van der Waals surface area contributed by atoms with Crippen LogP contribution in [0.3, 0.4) is 0 Å². The molecular formula is C20H22ClF3N2O4. The second-order valence-corrected chi connectivity index (χ2v) is 8.23. The summed E-state index contributed by atoms with van der Waals surface area (Å²) in [5.74, 6) is -4.06. The molecule has 3 rings (SSSR count). The molecule has 0 bridgehead atoms. The highest BCUT2D eigenvalue weighted by molar-refractivity contribution is 6.30. The van der Waals surface area contributed by atoms with E-state index in [1.54, 1.807) is 24.3 Å². The number of carbonyl (C=O) groups is 3. The van der Waals surface area contributed by atoms with Gasteiger partial charge in [0.1, 0.15) is 6.04 Å². The van der Waals surface area contributed by atoms with Gasteiger partial charge in [-0.05, 0) is 42.9 Å². The lowest BCUT2D eigenvalue weighted by atomic mass is 9.82. The number of carbonyl (C=O) groups excluding carboxylic acids is 2. The quantitative estimate of drug-likeness (QED) is 0.669. The molecule has 1 saturated heterocycles. The molecule has 1 aliphatic heterocycles. The Morgan fingerprint density at radius 3 is 2.30 bits per heavy atom. The number of rotatable bonds is 5. The third-order valence-corrected chi connectivity index (χ3v) is 6.06. The zero-order chi connectivity index (χ0) is 22.1. The van der Waals surface area contributed by atoms with Crippen molar-refractivity contribution in [2.24, 2.45) is 11.8 Å². The molecule has 1 aromatic carbocycles. The van der Waals surface area contributed by atoms with Crippen LogP contribution < -0.4 is 5.32 Å². The van der Waals surface area contributed by atoms with Crippen molar-refractivity contribution in [1.82, 2.24) is 10.2 Å². The fraction of sp³-hybridized carbons (Fsp3) is 0.550. The fourth-order valence-corrected chi connectivity index (χ4v) is 4.39. The second-order valence-electron chi connectivity index (χ2n) is 7.80. The normalized spacial score (nSPS) is 23.6. The van der Waals surface area contributed by atoms with Crippen molar-refractivity contribution in [2.45, 2.75) is 56.8 Å². The van der Waals surface area contributed by atoms with E-state index in [-0.39, 0.29) is 6.42 Å². The highest BCUT2D eigenvalue weighted by Gasteiger charge is 2.56. The highest BCUT2D eigenvalue weighted by Crippen LogP contribution is 2.36. The molecule has 3 atom stereocenters. The minimum absolute atomic E-state index is 0.0437. The maximum absolute atomic E-state index is 13.6. The van der Waals surface area contributed by atoms with E-state index in [4.69, 9.17) is 11.6 Å². The summed E-state index contributed by atoms with van der Waals surface area (Å²) in [6, 6.07) is 1.47. The van der Waals surface area contributed by atoms with E-state index in [1.165, 1.54) is 0 Å². The number of amides is 3. The van der Waals surface area contributed by atoms with Crippen LogP contribution >= 0.6 is 11.6 Å². The summed E-state index contributed by atoms with van der Waals surface area (Å²) in [5, 5.41) is 11.9. The number of benzene rings is 1. The maximum Gasteiger partial charge on any atom is 0.408 e. The van der Waals surface area contributed by atoms with Crippen molar-refractivity contribution in [3.05, 3.63) is 34.9 Å². The summed E-state index contributed by atoms with van der Waals surface area (Å²) < 4.78 is 40.7. The summed E-state index contributed by atoms with van der Waals surface area (Å²) in [7, 11) is 0. The molecule has 30 heavy (non-hydrogen) atoms. The Morgan fingerprint density at radius 2 is 1.77 bits per heavy atom. The van der Waals surface area contributed by atoms with E-state index in [9.17, 15) is 32.7 Å². The first-order valence-corrected chi connectivity index (χ1v) is 10.1. The van der Waals surface area contributed by atoms with Gasteiger partial charge in [0.2, 0.25) is 5.91 Å². The molecule has 2 fully saturated rings. The molecule has 3 amide bonds. The van der Waals surface area contributed by atoms with Crippen LogP contribution in [0.5, 0.6) is 0 Å². The molecule has 0 unspecified atom stereocenters. The van der Waals surface area contributed by atoms with E-state index in [0.717, 1.165) is 6.42 Å². The molecule has 6 nitrogen and oxygen atoms in total. The maximum atomic E-state index is 13.6. The minimum atomic E-state index is -4.69. The van der Waals surface area contributed by atoms with Crippen LogP contribution in [-0.2, 0) is 16.0 Å². The first-order valence-electron chi connectivity index (χ1n) is 9.77. The van der Waals surface area contributed by atoms with Crippen molar-refractivity contribution in [1.29, 1.82) is 0 Å². The zero-order valence-corrected chi connectivity index (χ0v) is 16.7. The summed E-state index contributed by atoms with van der Waals surface area (Å²) in [6.07, 6.45) is -1.89. The number of aliphatic carboxylic acids is 1. The number of imide groups is 1. The topological polar surface area (TPSA) is 86.7 Å². The Balaban J connectivity index is 1.73. The number of urea groups is 1. The smallest absolute Gasteiger partial charge is 0.408 e. The number of nitrogens with zero attached hydrogens (tertiary/aromatic N) is 1. The van der Waals surface area contributed by atoms with E-state index >= 15 is 0 Å². The standard InChI is InChI=1S/C20H22ClF3N2O4/c21-13-8-6-11(7-9-13)10-14-15(18(28)29)26(17(14)27)19(30)25-16(20(22,23)24)12-4-2-1-3-5-12/h6-9,12,14-16H,1-5,10H2,(H,25,30)(H,28,29)/t14-,15+,16+/m1/s1. The average Bonchev–Trinajstić information content (AvgIpc) is 2.68. The van der Waals surface area contributed by atoms with Gasteiger partial charge in [-0.3, -0.25) is 4.79 Å². The van der Waals surface area contributed by atoms with Gasteiger partial charge >= 0.3 is 18.2 Å². The van der Waals surface area contributed by atoms with Gasteiger partial charge in [-0.25, -0.2) is 14.5 Å². The number of hydrogen-bond donors (Lipinski definition) is 2. The molecule has 0 aromatic heterocycles. The Morgan fingerprint density at radius 1 is 1.17 bits per heavy atom. The average molecular weight is 447 g/mol. The second kappa shape index (κ2) is 8.83. The van der Waals surface area contributed by atoms with Crippen molar-refractivity contribution >= 4 is 29.5 Å². The SMILES string of the molecule is O=C(O)[C@@H]1[C@@H](Cc2ccc(Cl)cc2)C(=O)N1C(=O)N[C@@H](C1CCCCC1)C(F)(F)F. The zero-order valence-electron chi connectivity index (χ0n) is 16.0. The number of likely N-dealkylation sites (tertiary alicyclic amines) is 1. The molecular weight excluding hydrogens is 425 g/mol. The Labute approximate surface area is 176 Å². The molecule has 0 spiro atoms. The first kappa shape index (κ1) is 22.4. The monoisotopic (exact) mass is 446 g/mol. The third-order valence-electron chi connectivity index (χ3n) is 5.81. The number of carboxylic acids is 1. The molecule has 1 saturated carbocycles. The molecule has 1 heterocycles. The van der Waals surface area contributed by atoms with Gasteiger partial charge in [0.25, 0.3) is 0 Å². The van der Waals surface area contributed by atoms with E-state index in [2.05, 4.69) is 0 Å². The molecule has 2 N–H and O–H groups in total. The molecule has 1 aromatic rings. The molecule has 164 valence electrons. The van der Waals surface area contributed by atoms with Crippen molar-refractivity contribution < 1.29 is 32.7 Å². The summed E-state index contributed by atoms with van der Waals surface area (Å²) in [4.78, 5) is 37.1. The molecule has 1 aliphatic carbocycles. The molecule has 0 radical (unpaired) electrons. The largest absolute Gasteiger partial charge is 0.480 e. The number of halogens is 4. The van der Waals surface area contributed by atoms with E-state index < -0.39 is 48.0 Å². The lowest BCUT2D eigenvalue weighted by Gasteiger charge is -2.44. The minimum Gasteiger partial charge on any atom is -0.480 e. The van der Waals surface area contributed by atoms with Crippen molar-refractivity contribution in [3.63, 3.8) is 0 Å². The van der Waals surface area contributed by atoms with Gasteiger partial charge in [-0.15, -0.1) is 0 Å². The van der Waals surface area contributed by atoms with Gasteiger partial charge < -0.3 is 10.4 Å². The van der Waals surface area contributed by atoms with Crippen molar-refractivity contribution in [3.8, 4) is 0 Å². The van der Waals surface area contributed by atoms with Crippen LogP contribution in [-0.4, -0.2) is 46.2 Å². The number of hydrogen-bond acceptors (Lipinski definition) is 3. The number of nitrogens with one attached hydrogen (secondary N) is 1. The first-order chi connectivity index (χ1) is 14.1. The van der Waals surface area contributed by atoms with E-state index in [0.29, 0.717) is 41.2 Å². The highest BCUT2D eigenvalue weighted by atomic mass is 35.5. The number of β-lactam (4-membered cyclic amide) rings is 1. The van der Waals surface area contributed by atoms with Gasteiger partial charge in [0.15, 0.2) is 6.04 Å². The van der Waals surface area contributed by atoms with Crippen LogP contribution in [0.2, 0.25) is 5.02 Å². The van der Waals surface area contributed by atoms with Crippen LogP contribution in [0.1, 0.15) is 37.7 Å². The lowest BCUT2D eigenvalue weighted by Crippen LogP contribution is -2.70. The van der Waals surface area contributed by atoms with E-state index in [1.807, 2.05) is 5.32 Å². The predicted molar refractivity (Wildman–Crippen MR) is 102 cm³/mol. The Hall–Kier alpha value is -2.29. The van der Waals surface area contributed by atoms with Gasteiger partial charge in [0.05, 0.1) is 5.92 Å². The van der Waals surface area contributed by atoms with Crippen LogP contribution in [0, 0.1) is 11.8 Å². The lowest BCUT2D eigenvalue weighted by molar-refractivity contribution is -0.172. The predicted octanol–water partition coefficient (Wildman–Crippen LogP) is 4.01. The van der Waals surface area contributed by atoms with Gasteiger partial charge in [0, 0.05) is 5.02 Å².